The SMILES string of the molecule is Cc1oc2c(COc3c(Br)cc(CCC(=O)O)c(C)c3C)cc(OC(F)(F)F)cc2c1Br. The number of halogens is 5. The minimum Gasteiger partial charge on any atom is -0.487 e. The van der Waals surface area contributed by atoms with Crippen LogP contribution >= 0.6 is 31.9 Å². The molecule has 32 heavy (non-hydrogen) atoms. The number of benzene rings is 2. The predicted molar refractivity (Wildman–Crippen MR) is 119 cm³/mol. The fourth-order valence-electron chi connectivity index (χ4n) is 3.38. The van der Waals surface area contributed by atoms with Gasteiger partial charge >= 0.3 is 12.3 Å². The second-order valence-corrected chi connectivity index (χ2v) is 8.91. The summed E-state index contributed by atoms with van der Waals surface area (Å²) in [6, 6.07) is 4.30. The number of hydrogen-bond acceptors (Lipinski definition) is 4. The number of carbonyl (C=O) groups is 1. The molecule has 5 nitrogen and oxygen atoms in total. The topological polar surface area (TPSA) is 68.9 Å². The molecule has 0 fully saturated rings. The molecule has 0 saturated carbocycles. The Balaban J connectivity index is 1.96. The Hall–Kier alpha value is -2.20. The minimum absolute atomic E-state index is 0.00360. The highest BCUT2D eigenvalue weighted by Gasteiger charge is 2.32. The molecule has 3 rings (SSSR count). The van der Waals surface area contributed by atoms with Gasteiger partial charge in [0.1, 0.15) is 29.4 Å². The Morgan fingerprint density at radius 2 is 1.78 bits per heavy atom. The summed E-state index contributed by atoms with van der Waals surface area (Å²) in [5.41, 5.74) is 3.34. The van der Waals surface area contributed by atoms with Crippen molar-refractivity contribution in [3.8, 4) is 11.5 Å². The molecule has 10 heteroatoms. The zero-order valence-electron chi connectivity index (χ0n) is 17.3. The first-order valence-electron chi connectivity index (χ1n) is 9.47. The van der Waals surface area contributed by atoms with Crippen LogP contribution in [0.2, 0.25) is 0 Å². The second-order valence-electron chi connectivity index (χ2n) is 7.26. The monoisotopic (exact) mass is 578 g/mol. The van der Waals surface area contributed by atoms with Crippen molar-refractivity contribution < 1.29 is 37.0 Å². The Morgan fingerprint density at radius 3 is 2.41 bits per heavy atom. The summed E-state index contributed by atoms with van der Waals surface area (Å²) in [5.74, 6) is -0.231. The Kier molecular flexibility index (Phi) is 7.14. The predicted octanol–water partition coefficient (Wildman–Crippen LogP) is 7.38. The Morgan fingerprint density at radius 1 is 1.09 bits per heavy atom. The standard InChI is InChI=1S/C22H19Br2F3O5/c1-10-11(2)20(17(23)7-13(10)4-5-18(28)29)30-9-14-6-15(32-22(25,26)27)8-16-19(24)12(3)31-21(14)16/h6-8H,4-5,9H2,1-3H3,(H,28,29). The van der Waals surface area contributed by atoms with Gasteiger partial charge in [0, 0.05) is 17.4 Å². The molecule has 172 valence electrons. The lowest BCUT2D eigenvalue weighted by Gasteiger charge is -2.17. The fraction of sp³-hybridized carbons (Fsp3) is 0.318. The van der Waals surface area contributed by atoms with Crippen LogP contribution in [0.1, 0.15) is 34.4 Å². The van der Waals surface area contributed by atoms with E-state index in [2.05, 4.69) is 36.6 Å². The highest BCUT2D eigenvalue weighted by atomic mass is 79.9. The van der Waals surface area contributed by atoms with Crippen LogP contribution in [0.3, 0.4) is 0 Å². The first-order chi connectivity index (χ1) is 14.9. The summed E-state index contributed by atoms with van der Waals surface area (Å²) >= 11 is 6.80. The fourth-order valence-corrected chi connectivity index (χ4v) is 4.44. The Labute approximate surface area is 198 Å². The van der Waals surface area contributed by atoms with Crippen LogP contribution in [0.5, 0.6) is 11.5 Å². The van der Waals surface area contributed by atoms with E-state index >= 15 is 0 Å². The molecule has 0 radical (unpaired) electrons. The summed E-state index contributed by atoms with van der Waals surface area (Å²) in [6.07, 6.45) is -4.46. The van der Waals surface area contributed by atoms with Crippen molar-refractivity contribution >= 4 is 48.8 Å². The van der Waals surface area contributed by atoms with Crippen LogP contribution in [0.15, 0.2) is 31.6 Å². The van der Waals surface area contributed by atoms with Gasteiger partial charge in [0.2, 0.25) is 0 Å². The van der Waals surface area contributed by atoms with Gasteiger partial charge in [-0.15, -0.1) is 13.2 Å². The first kappa shape index (κ1) is 24.4. The highest BCUT2D eigenvalue weighted by molar-refractivity contribution is 9.11. The molecule has 1 aromatic heterocycles. The van der Waals surface area contributed by atoms with Gasteiger partial charge in [-0.05, 0) is 93.9 Å². The molecule has 0 spiro atoms. The molecular formula is C22H19Br2F3O5. The lowest BCUT2D eigenvalue weighted by atomic mass is 9.99. The number of aliphatic carboxylic acids is 1. The summed E-state index contributed by atoms with van der Waals surface area (Å²) in [5, 5.41) is 9.38. The number of hydrogen-bond donors (Lipinski definition) is 1. The minimum atomic E-state index is -4.83. The number of ether oxygens (including phenoxy) is 2. The van der Waals surface area contributed by atoms with Crippen LogP contribution in [0.25, 0.3) is 11.0 Å². The average molecular weight is 580 g/mol. The maximum atomic E-state index is 12.8. The number of carboxylic acids is 1. The van der Waals surface area contributed by atoms with Crippen molar-refractivity contribution in [2.75, 3.05) is 0 Å². The Bertz CT molecular complexity index is 1180. The normalized spacial score (nSPS) is 11.8. The third-order valence-corrected chi connectivity index (χ3v) is 6.63. The number of fused-ring (bicyclic) bond motifs is 1. The van der Waals surface area contributed by atoms with Gasteiger partial charge in [0.25, 0.3) is 0 Å². The zero-order chi connectivity index (χ0) is 23.8. The van der Waals surface area contributed by atoms with E-state index in [-0.39, 0.29) is 18.8 Å². The van der Waals surface area contributed by atoms with Crippen molar-refractivity contribution in [2.45, 2.75) is 46.6 Å². The van der Waals surface area contributed by atoms with Crippen molar-refractivity contribution in [3.05, 3.63) is 55.2 Å². The van der Waals surface area contributed by atoms with Crippen LogP contribution in [-0.2, 0) is 17.8 Å². The molecule has 2 aromatic carbocycles. The molecule has 3 aromatic rings. The van der Waals surface area contributed by atoms with Crippen molar-refractivity contribution in [1.29, 1.82) is 0 Å². The summed E-state index contributed by atoms with van der Waals surface area (Å²) < 4.78 is 55.4. The van der Waals surface area contributed by atoms with Gasteiger partial charge in [-0.1, -0.05) is 0 Å². The van der Waals surface area contributed by atoms with Crippen LogP contribution in [0, 0.1) is 20.8 Å². The van der Waals surface area contributed by atoms with E-state index in [1.54, 1.807) is 13.0 Å². The van der Waals surface area contributed by atoms with E-state index in [4.69, 9.17) is 14.3 Å². The van der Waals surface area contributed by atoms with Crippen molar-refractivity contribution in [3.63, 3.8) is 0 Å². The zero-order valence-corrected chi connectivity index (χ0v) is 20.5. The summed E-state index contributed by atoms with van der Waals surface area (Å²) in [4.78, 5) is 10.9. The molecule has 0 aliphatic carbocycles. The maximum absolute atomic E-state index is 12.8. The lowest BCUT2D eigenvalue weighted by molar-refractivity contribution is -0.274. The van der Waals surface area contributed by atoms with Crippen LogP contribution in [0.4, 0.5) is 13.2 Å². The quantitative estimate of drug-likeness (QED) is 0.316. The van der Waals surface area contributed by atoms with Crippen LogP contribution < -0.4 is 9.47 Å². The molecule has 0 amide bonds. The van der Waals surface area contributed by atoms with Gasteiger partial charge in [-0.25, -0.2) is 0 Å². The van der Waals surface area contributed by atoms with Gasteiger partial charge in [0.15, 0.2) is 0 Å². The third kappa shape index (κ3) is 5.40. The molecule has 0 unspecified atom stereocenters. The molecular weight excluding hydrogens is 561 g/mol. The van der Waals surface area contributed by atoms with Gasteiger partial charge < -0.3 is 19.0 Å². The highest BCUT2D eigenvalue weighted by Crippen LogP contribution is 2.39. The number of alkyl halides is 3. The van der Waals surface area contributed by atoms with Gasteiger partial charge in [-0.2, -0.15) is 0 Å². The number of carboxylic acid groups (broad SMARTS) is 1. The third-order valence-electron chi connectivity index (χ3n) is 5.06. The van der Waals surface area contributed by atoms with E-state index in [1.807, 2.05) is 13.8 Å². The largest absolute Gasteiger partial charge is 0.573 e. The van der Waals surface area contributed by atoms with E-state index in [0.29, 0.717) is 43.4 Å². The molecule has 1 N–H and O–H groups in total. The molecule has 0 bridgehead atoms. The smallest absolute Gasteiger partial charge is 0.487 e. The summed E-state index contributed by atoms with van der Waals surface area (Å²) in [7, 11) is 0. The van der Waals surface area contributed by atoms with E-state index < -0.39 is 12.3 Å². The number of rotatable bonds is 7. The molecule has 1 heterocycles. The van der Waals surface area contributed by atoms with Crippen molar-refractivity contribution in [1.82, 2.24) is 0 Å². The molecule has 0 aliphatic heterocycles. The van der Waals surface area contributed by atoms with Gasteiger partial charge in [-0.3, -0.25) is 4.79 Å². The van der Waals surface area contributed by atoms with Crippen molar-refractivity contribution in [2.24, 2.45) is 0 Å². The van der Waals surface area contributed by atoms with E-state index in [0.717, 1.165) is 16.7 Å². The molecule has 0 aliphatic rings. The van der Waals surface area contributed by atoms with E-state index in [1.165, 1.54) is 12.1 Å². The number of aryl methyl sites for hydroxylation is 2. The lowest BCUT2D eigenvalue weighted by Crippen LogP contribution is -2.17. The first-order valence-corrected chi connectivity index (χ1v) is 11.1. The maximum Gasteiger partial charge on any atom is 0.573 e. The van der Waals surface area contributed by atoms with E-state index in [9.17, 15) is 18.0 Å². The summed E-state index contributed by atoms with van der Waals surface area (Å²) in [6.45, 7) is 5.33. The molecule has 0 atom stereocenters. The number of furan rings is 1. The molecule has 0 saturated heterocycles. The second kappa shape index (κ2) is 9.35. The van der Waals surface area contributed by atoms with Crippen LogP contribution in [-0.4, -0.2) is 17.4 Å². The van der Waals surface area contributed by atoms with Gasteiger partial charge in [0.05, 0.1) is 8.95 Å². The average Bonchev–Trinajstić information content (AvgIpc) is 2.96.